The van der Waals surface area contributed by atoms with Gasteiger partial charge in [-0.05, 0) is 61.0 Å². The van der Waals surface area contributed by atoms with Gasteiger partial charge < -0.3 is 25.5 Å². The Morgan fingerprint density at radius 3 is 2.54 bits per heavy atom. The van der Waals surface area contributed by atoms with E-state index in [9.17, 15) is 24.3 Å². The SMILES string of the molecule is CCNC(CC)CC(=O)Nc1cccc(-c2cc(-c3ccc(F)cc3O)nc(NC(=O)c3ccco3)c2C#N)c1.Cl. The van der Waals surface area contributed by atoms with Gasteiger partial charge in [0.1, 0.15) is 23.2 Å². The minimum atomic E-state index is -0.635. The molecule has 1 atom stereocenters. The number of amides is 2. The van der Waals surface area contributed by atoms with Gasteiger partial charge in [-0.2, -0.15) is 5.26 Å². The normalized spacial score (nSPS) is 11.2. The Morgan fingerprint density at radius 2 is 1.88 bits per heavy atom. The second-order valence-electron chi connectivity index (χ2n) is 8.98. The van der Waals surface area contributed by atoms with Gasteiger partial charge in [-0.25, -0.2) is 9.37 Å². The molecule has 0 saturated heterocycles. The molecular formula is C30H29ClFN5O4. The van der Waals surface area contributed by atoms with Crippen molar-refractivity contribution in [1.82, 2.24) is 10.3 Å². The maximum absolute atomic E-state index is 13.7. The van der Waals surface area contributed by atoms with Crippen molar-refractivity contribution in [3.05, 3.63) is 84.1 Å². The zero-order chi connectivity index (χ0) is 28.6. The fourth-order valence-corrected chi connectivity index (χ4v) is 4.26. The average Bonchev–Trinajstić information content (AvgIpc) is 3.48. The Morgan fingerprint density at radius 1 is 1.07 bits per heavy atom. The summed E-state index contributed by atoms with van der Waals surface area (Å²) in [5, 5.41) is 29.3. The Balaban J connectivity index is 0.00000462. The van der Waals surface area contributed by atoms with Crippen LogP contribution in [0.15, 0.2) is 71.3 Å². The van der Waals surface area contributed by atoms with E-state index in [-0.39, 0.29) is 58.5 Å². The summed E-state index contributed by atoms with van der Waals surface area (Å²) in [6.45, 7) is 4.74. The highest BCUT2D eigenvalue weighted by molar-refractivity contribution is 6.03. The molecule has 0 radical (unpaired) electrons. The second kappa shape index (κ2) is 14.1. The third-order valence-corrected chi connectivity index (χ3v) is 6.22. The highest BCUT2D eigenvalue weighted by Crippen LogP contribution is 2.36. The van der Waals surface area contributed by atoms with E-state index >= 15 is 0 Å². The Bertz CT molecular complexity index is 1570. The zero-order valence-corrected chi connectivity index (χ0v) is 23.2. The van der Waals surface area contributed by atoms with E-state index in [1.807, 2.05) is 13.8 Å². The second-order valence-corrected chi connectivity index (χ2v) is 8.98. The summed E-state index contributed by atoms with van der Waals surface area (Å²) >= 11 is 0. The predicted molar refractivity (Wildman–Crippen MR) is 156 cm³/mol. The van der Waals surface area contributed by atoms with Gasteiger partial charge in [-0.1, -0.05) is 26.0 Å². The predicted octanol–water partition coefficient (Wildman–Crippen LogP) is 6.12. The molecule has 2 amide bonds. The molecule has 0 aliphatic heterocycles. The van der Waals surface area contributed by atoms with Crippen LogP contribution in [-0.2, 0) is 4.79 Å². The van der Waals surface area contributed by atoms with Crippen molar-refractivity contribution >= 4 is 35.7 Å². The van der Waals surface area contributed by atoms with Crippen molar-refractivity contribution in [3.8, 4) is 34.2 Å². The lowest BCUT2D eigenvalue weighted by molar-refractivity contribution is -0.116. The molecule has 4 aromatic rings. The number of nitriles is 1. The van der Waals surface area contributed by atoms with E-state index in [2.05, 4.69) is 27.0 Å². The Hall–Kier alpha value is -4.72. The fraction of sp³-hybridized carbons (Fsp3) is 0.200. The van der Waals surface area contributed by atoms with E-state index < -0.39 is 11.7 Å². The van der Waals surface area contributed by atoms with Gasteiger partial charge in [0.2, 0.25) is 5.91 Å². The first-order valence-corrected chi connectivity index (χ1v) is 12.8. The van der Waals surface area contributed by atoms with Crippen LogP contribution in [-0.4, -0.2) is 34.5 Å². The first-order valence-electron chi connectivity index (χ1n) is 12.8. The number of furan rings is 1. The number of halogens is 2. The van der Waals surface area contributed by atoms with Crippen LogP contribution in [0.1, 0.15) is 42.8 Å². The van der Waals surface area contributed by atoms with Crippen molar-refractivity contribution in [3.63, 3.8) is 0 Å². The number of anilines is 2. The number of aromatic hydroxyl groups is 1. The molecule has 0 aliphatic carbocycles. The smallest absolute Gasteiger partial charge is 0.292 e. The van der Waals surface area contributed by atoms with Gasteiger partial charge in [-0.3, -0.25) is 9.59 Å². The third kappa shape index (κ3) is 7.48. The summed E-state index contributed by atoms with van der Waals surface area (Å²) in [6.07, 6.45) is 2.44. The van der Waals surface area contributed by atoms with E-state index in [0.717, 1.165) is 19.0 Å². The summed E-state index contributed by atoms with van der Waals surface area (Å²) in [6, 6.07) is 17.1. The quantitative estimate of drug-likeness (QED) is 0.178. The highest BCUT2D eigenvalue weighted by Gasteiger charge is 2.21. The summed E-state index contributed by atoms with van der Waals surface area (Å²) in [4.78, 5) is 29.9. The van der Waals surface area contributed by atoms with Gasteiger partial charge in [0.15, 0.2) is 11.6 Å². The van der Waals surface area contributed by atoms with E-state index in [1.165, 1.54) is 24.5 Å². The maximum atomic E-state index is 13.7. The van der Waals surface area contributed by atoms with Crippen LogP contribution >= 0.6 is 12.4 Å². The average molecular weight is 578 g/mol. The number of rotatable bonds is 10. The van der Waals surface area contributed by atoms with Crippen LogP contribution in [0.2, 0.25) is 0 Å². The lowest BCUT2D eigenvalue weighted by Gasteiger charge is -2.16. The molecule has 0 saturated carbocycles. The molecule has 0 aliphatic rings. The molecule has 4 rings (SSSR count). The number of benzene rings is 2. The molecule has 212 valence electrons. The molecule has 4 N–H and O–H groups in total. The van der Waals surface area contributed by atoms with Gasteiger partial charge >= 0.3 is 0 Å². The molecule has 41 heavy (non-hydrogen) atoms. The zero-order valence-electron chi connectivity index (χ0n) is 22.4. The van der Waals surface area contributed by atoms with Crippen LogP contribution in [0.4, 0.5) is 15.9 Å². The first-order chi connectivity index (χ1) is 19.3. The minimum Gasteiger partial charge on any atom is -0.507 e. The van der Waals surface area contributed by atoms with Gasteiger partial charge in [0, 0.05) is 35.3 Å². The lowest BCUT2D eigenvalue weighted by Crippen LogP contribution is -2.32. The van der Waals surface area contributed by atoms with Crippen LogP contribution in [0.3, 0.4) is 0 Å². The number of carbonyl (C=O) groups excluding carboxylic acids is 2. The molecule has 2 aromatic carbocycles. The van der Waals surface area contributed by atoms with Crippen LogP contribution in [0.5, 0.6) is 5.75 Å². The van der Waals surface area contributed by atoms with Crippen molar-refractivity contribution < 1.29 is 23.5 Å². The Labute approximate surface area is 242 Å². The Kier molecular flexibility index (Phi) is 10.6. The van der Waals surface area contributed by atoms with Crippen LogP contribution < -0.4 is 16.0 Å². The molecule has 0 bridgehead atoms. The molecule has 11 heteroatoms. The van der Waals surface area contributed by atoms with E-state index in [0.29, 0.717) is 23.2 Å². The number of phenolic OH excluding ortho intramolecular Hbond substituents is 1. The fourth-order valence-electron chi connectivity index (χ4n) is 4.26. The summed E-state index contributed by atoms with van der Waals surface area (Å²) in [5.41, 5.74) is 1.87. The number of nitrogens with zero attached hydrogens (tertiary/aromatic N) is 2. The van der Waals surface area contributed by atoms with Crippen molar-refractivity contribution in [1.29, 1.82) is 5.26 Å². The van der Waals surface area contributed by atoms with Gasteiger partial charge in [0.05, 0.1) is 12.0 Å². The molecule has 2 heterocycles. The van der Waals surface area contributed by atoms with Gasteiger partial charge in [-0.15, -0.1) is 12.4 Å². The number of phenols is 1. The minimum absolute atomic E-state index is 0. The molecule has 9 nitrogen and oxygen atoms in total. The molecule has 0 spiro atoms. The summed E-state index contributed by atoms with van der Waals surface area (Å²) < 4.78 is 18.9. The van der Waals surface area contributed by atoms with E-state index in [1.54, 1.807) is 36.4 Å². The third-order valence-electron chi connectivity index (χ3n) is 6.22. The number of carbonyl (C=O) groups is 2. The molecular weight excluding hydrogens is 549 g/mol. The van der Waals surface area contributed by atoms with Crippen LogP contribution in [0.25, 0.3) is 22.4 Å². The maximum Gasteiger partial charge on any atom is 0.292 e. The molecule has 0 fully saturated rings. The van der Waals surface area contributed by atoms with E-state index in [4.69, 9.17) is 4.42 Å². The van der Waals surface area contributed by atoms with Crippen molar-refractivity contribution in [2.45, 2.75) is 32.7 Å². The monoisotopic (exact) mass is 577 g/mol. The molecule has 2 aromatic heterocycles. The topological polar surface area (TPSA) is 140 Å². The number of hydrogen-bond acceptors (Lipinski definition) is 7. The summed E-state index contributed by atoms with van der Waals surface area (Å²) in [5.74, 6) is -1.86. The number of nitrogens with one attached hydrogen (secondary N) is 3. The first kappa shape index (κ1) is 30.8. The molecule has 1 unspecified atom stereocenters. The van der Waals surface area contributed by atoms with Gasteiger partial charge in [0.25, 0.3) is 5.91 Å². The lowest BCUT2D eigenvalue weighted by atomic mass is 9.97. The largest absolute Gasteiger partial charge is 0.507 e. The highest BCUT2D eigenvalue weighted by atomic mass is 35.5. The summed E-state index contributed by atoms with van der Waals surface area (Å²) in [7, 11) is 0. The number of aromatic nitrogens is 1. The van der Waals surface area contributed by atoms with Crippen molar-refractivity contribution in [2.24, 2.45) is 0 Å². The van der Waals surface area contributed by atoms with Crippen LogP contribution in [0, 0.1) is 17.1 Å². The number of pyridine rings is 1. The van der Waals surface area contributed by atoms with Crippen molar-refractivity contribution in [2.75, 3.05) is 17.2 Å². The number of hydrogen-bond donors (Lipinski definition) is 4. The standard InChI is InChI=1S/C30H28FN5O4.ClH/c1-3-20(33-4-2)15-28(38)34-21-8-5-7-18(13-21)23-16-25(22-11-10-19(31)14-26(22)37)35-29(24(23)17-32)36-30(39)27-9-6-12-40-27;/h5-14,16,20,33,37H,3-4,15H2,1-2H3,(H,34,38)(H,35,36,39);1H.